The Morgan fingerprint density at radius 1 is 1.09 bits per heavy atom. The molecule has 0 bridgehead atoms. The number of benzene rings is 2. The Hall–Kier alpha value is -3.39. The topological polar surface area (TPSA) is 83.1 Å². The fourth-order valence-electron chi connectivity index (χ4n) is 2.11. The number of anilines is 1. The molecule has 1 heterocycles. The van der Waals surface area contributed by atoms with Crippen LogP contribution in [0.15, 0.2) is 64.0 Å². The molecule has 2 aromatic carbocycles. The van der Waals surface area contributed by atoms with Gasteiger partial charge in [0.05, 0.1) is 16.6 Å². The summed E-state index contributed by atoms with van der Waals surface area (Å²) in [6.07, 6.45) is 1.13. The second-order valence-corrected chi connectivity index (χ2v) is 4.59. The minimum absolute atomic E-state index is 0.105. The average Bonchev–Trinajstić information content (AvgIpc) is 2.56. The summed E-state index contributed by atoms with van der Waals surface area (Å²) in [7, 11) is 0. The first kappa shape index (κ1) is 13.6. The lowest BCUT2D eigenvalue weighted by Crippen LogP contribution is -2.21. The van der Waals surface area contributed by atoms with E-state index in [4.69, 9.17) is 9.68 Å². The van der Waals surface area contributed by atoms with Gasteiger partial charge in [0.25, 0.3) is 5.91 Å². The van der Waals surface area contributed by atoms with Crippen molar-refractivity contribution >= 4 is 22.6 Å². The quantitative estimate of drug-likeness (QED) is 0.786. The SMILES string of the molecule is N#Cc1ccccc1NC(=O)c1coc2ccccc2c1=O. The molecule has 3 aromatic rings. The molecule has 0 radical (unpaired) electrons. The number of para-hydroxylation sites is 2. The van der Waals surface area contributed by atoms with Crippen LogP contribution in [0, 0.1) is 11.3 Å². The third-order valence-electron chi connectivity index (χ3n) is 3.22. The van der Waals surface area contributed by atoms with Gasteiger partial charge in [-0.1, -0.05) is 24.3 Å². The lowest BCUT2D eigenvalue weighted by molar-refractivity contribution is 0.102. The second-order valence-electron chi connectivity index (χ2n) is 4.59. The third kappa shape index (κ3) is 2.34. The molecule has 1 N–H and O–H groups in total. The largest absolute Gasteiger partial charge is 0.463 e. The third-order valence-corrected chi connectivity index (χ3v) is 3.22. The summed E-state index contributed by atoms with van der Waals surface area (Å²) in [5.74, 6) is -0.609. The molecule has 1 aromatic heterocycles. The van der Waals surface area contributed by atoms with Crippen molar-refractivity contribution in [2.24, 2.45) is 0 Å². The van der Waals surface area contributed by atoms with Crippen LogP contribution in [0.5, 0.6) is 0 Å². The van der Waals surface area contributed by atoms with Crippen LogP contribution in [0.2, 0.25) is 0 Å². The van der Waals surface area contributed by atoms with Crippen molar-refractivity contribution in [1.29, 1.82) is 5.26 Å². The van der Waals surface area contributed by atoms with Crippen LogP contribution in [0.4, 0.5) is 5.69 Å². The van der Waals surface area contributed by atoms with Gasteiger partial charge >= 0.3 is 0 Å². The smallest absolute Gasteiger partial charge is 0.262 e. The van der Waals surface area contributed by atoms with Gasteiger partial charge in [0, 0.05) is 0 Å². The van der Waals surface area contributed by atoms with Gasteiger partial charge in [0.1, 0.15) is 23.5 Å². The Labute approximate surface area is 125 Å². The highest BCUT2D eigenvalue weighted by molar-refractivity contribution is 6.05. The molecule has 5 heteroatoms. The number of amides is 1. The van der Waals surface area contributed by atoms with E-state index in [0.717, 1.165) is 6.26 Å². The Balaban J connectivity index is 2.01. The van der Waals surface area contributed by atoms with Gasteiger partial charge in [-0.15, -0.1) is 0 Å². The molecule has 0 atom stereocenters. The van der Waals surface area contributed by atoms with Crippen molar-refractivity contribution in [2.75, 3.05) is 5.32 Å². The zero-order valence-electron chi connectivity index (χ0n) is 11.4. The van der Waals surface area contributed by atoms with E-state index in [1.165, 1.54) is 0 Å². The van der Waals surface area contributed by atoms with Crippen LogP contribution in [-0.2, 0) is 0 Å². The van der Waals surface area contributed by atoms with E-state index in [0.29, 0.717) is 22.2 Å². The van der Waals surface area contributed by atoms with Gasteiger partial charge in [-0.2, -0.15) is 5.26 Å². The highest BCUT2D eigenvalue weighted by Crippen LogP contribution is 2.15. The van der Waals surface area contributed by atoms with E-state index in [-0.39, 0.29) is 5.56 Å². The van der Waals surface area contributed by atoms with Crippen molar-refractivity contribution in [3.63, 3.8) is 0 Å². The van der Waals surface area contributed by atoms with Crippen molar-refractivity contribution < 1.29 is 9.21 Å². The Kier molecular flexibility index (Phi) is 3.42. The monoisotopic (exact) mass is 290 g/mol. The number of nitriles is 1. The summed E-state index contributed by atoms with van der Waals surface area (Å²) in [6.45, 7) is 0. The molecule has 1 amide bonds. The van der Waals surface area contributed by atoms with E-state index >= 15 is 0 Å². The normalized spacial score (nSPS) is 10.1. The molecule has 0 spiro atoms. The number of fused-ring (bicyclic) bond motifs is 1. The molecule has 0 saturated heterocycles. The molecule has 3 rings (SSSR count). The lowest BCUT2D eigenvalue weighted by atomic mass is 10.1. The molecule has 106 valence electrons. The summed E-state index contributed by atoms with van der Waals surface area (Å²) in [4.78, 5) is 24.6. The predicted molar refractivity (Wildman–Crippen MR) is 81.6 cm³/mol. The Morgan fingerprint density at radius 2 is 1.82 bits per heavy atom. The molecule has 0 aliphatic rings. The summed E-state index contributed by atoms with van der Waals surface area (Å²) in [5, 5.41) is 11.9. The fraction of sp³-hybridized carbons (Fsp3) is 0. The number of nitrogens with zero attached hydrogens (tertiary/aromatic N) is 1. The van der Waals surface area contributed by atoms with Crippen LogP contribution in [0.1, 0.15) is 15.9 Å². The number of carbonyl (C=O) groups is 1. The van der Waals surface area contributed by atoms with Crippen molar-refractivity contribution in [3.8, 4) is 6.07 Å². The summed E-state index contributed by atoms with van der Waals surface area (Å²) >= 11 is 0. The minimum Gasteiger partial charge on any atom is -0.463 e. The van der Waals surface area contributed by atoms with Crippen LogP contribution in [-0.4, -0.2) is 5.91 Å². The molecule has 0 fully saturated rings. The van der Waals surface area contributed by atoms with Gasteiger partial charge < -0.3 is 9.73 Å². The first-order valence-corrected chi connectivity index (χ1v) is 6.52. The van der Waals surface area contributed by atoms with E-state index in [1.54, 1.807) is 48.5 Å². The van der Waals surface area contributed by atoms with Crippen LogP contribution in [0.25, 0.3) is 11.0 Å². The van der Waals surface area contributed by atoms with Crippen molar-refractivity contribution in [1.82, 2.24) is 0 Å². The highest BCUT2D eigenvalue weighted by Gasteiger charge is 2.15. The zero-order valence-corrected chi connectivity index (χ0v) is 11.4. The molecule has 22 heavy (non-hydrogen) atoms. The summed E-state index contributed by atoms with van der Waals surface area (Å²) < 4.78 is 5.31. The molecule has 0 aliphatic carbocycles. The number of carbonyl (C=O) groups excluding carboxylic acids is 1. The Morgan fingerprint density at radius 3 is 2.64 bits per heavy atom. The molecule has 0 aliphatic heterocycles. The molecule has 5 nitrogen and oxygen atoms in total. The predicted octanol–water partition coefficient (Wildman–Crippen LogP) is 2.92. The Bertz CT molecular complexity index is 967. The fourth-order valence-corrected chi connectivity index (χ4v) is 2.11. The molecular formula is C17H10N2O3. The van der Waals surface area contributed by atoms with Crippen LogP contribution in [0.3, 0.4) is 0 Å². The van der Waals surface area contributed by atoms with Crippen molar-refractivity contribution in [2.45, 2.75) is 0 Å². The first-order chi connectivity index (χ1) is 10.7. The van der Waals surface area contributed by atoms with Gasteiger partial charge in [-0.05, 0) is 24.3 Å². The van der Waals surface area contributed by atoms with Gasteiger partial charge in [-0.3, -0.25) is 9.59 Å². The zero-order chi connectivity index (χ0) is 15.5. The molecule has 0 unspecified atom stereocenters. The molecule has 0 saturated carbocycles. The maximum absolute atomic E-state index is 12.3. The van der Waals surface area contributed by atoms with E-state index < -0.39 is 11.3 Å². The van der Waals surface area contributed by atoms with Crippen molar-refractivity contribution in [3.05, 3.63) is 76.1 Å². The second kappa shape index (κ2) is 5.54. The lowest BCUT2D eigenvalue weighted by Gasteiger charge is -2.06. The number of nitrogens with one attached hydrogen (secondary N) is 1. The van der Waals surface area contributed by atoms with E-state index in [9.17, 15) is 9.59 Å². The van der Waals surface area contributed by atoms with Crippen LogP contribution < -0.4 is 10.7 Å². The number of rotatable bonds is 2. The maximum Gasteiger partial charge on any atom is 0.262 e. The minimum atomic E-state index is -0.609. The van der Waals surface area contributed by atoms with Crippen LogP contribution >= 0.6 is 0 Å². The van der Waals surface area contributed by atoms with E-state index in [1.807, 2.05) is 6.07 Å². The number of hydrogen-bond acceptors (Lipinski definition) is 4. The van der Waals surface area contributed by atoms with E-state index in [2.05, 4.69) is 5.32 Å². The number of hydrogen-bond donors (Lipinski definition) is 1. The molecular weight excluding hydrogens is 280 g/mol. The summed E-state index contributed by atoms with van der Waals surface area (Å²) in [6, 6.07) is 15.2. The van der Waals surface area contributed by atoms with Gasteiger partial charge in [0.15, 0.2) is 0 Å². The first-order valence-electron chi connectivity index (χ1n) is 6.52. The highest BCUT2D eigenvalue weighted by atomic mass is 16.3. The standard InChI is InChI=1S/C17H10N2O3/c18-9-11-5-1-3-7-14(11)19-17(21)13-10-22-15-8-4-2-6-12(15)16(13)20/h1-8,10H,(H,19,21). The summed E-state index contributed by atoms with van der Waals surface area (Å²) in [5.41, 5.74) is 0.574. The average molecular weight is 290 g/mol. The van der Waals surface area contributed by atoms with Gasteiger partial charge in [0.2, 0.25) is 5.43 Å². The van der Waals surface area contributed by atoms with Gasteiger partial charge in [-0.25, -0.2) is 0 Å². The maximum atomic E-state index is 12.3.